The zero-order chi connectivity index (χ0) is 16.9. The fourth-order valence-corrected chi connectivity index (χ4v) is 2.27. The van der Waals surface area contributed by atoms with Gasteiger partial charge in [-0.05, 0) is 37.3 Å². The van der Waals surface area contributed by atoms with E-state index in [1.54, 1.807) is 18.5 Å². The third-order valence-electron chi connectivity index (χ3n) is 3.55. The summed E-state index contributed by atoms with van der Waals surface area (Å²) in [6.45, 7) is 1.86. The lowest BCUT2D eigenvalue weighted by atomic mass is 10.2. The molecule has 0 saturated carbocycles. The van der Waals surface area contributed by atoms with Gasteiger partial charge >= 0.3 is 0 Å². The Hall–Kier alpha value is -3.28. The number of aromatic nitrogens is 3. The molecule has 0 saturated heterocycles. The minimum absolute atomic E-state index is 0.235. The molecule has 3 aromatic rings. The number of benzene rings is 1. The molecule has 3 rings (SSSR count). The van der Waals surface area contributed by atoms with Gasteiger partial charge in [0.05, 0.1) is 18.1 Å². The zero-order valence-electron chi connectivity index (χ0n) is 13.5. The first-order valence-corrected chi connectivity index (χ1v) is 7.47. The Kier molecular flexibility index (Phi) is 4.47. The van der Waals surface area contributed by atoms with E-state index < -0.39 is 0 Å². The van der Waals surface area contributed by atoms with Gasteiger partial charge in [-0.15, -0.1) is 0 Å². The molecule has 0 radical (unpaired) electrons. The number of hydrogen-bond acceptors (Lipinski definition) is 5. The first-order chi connectivity index (χ1) is 11.6. The van der Waals surface area contributed by atoms with Crippen LogP contribution >= 0.6 is 0 Å². The van der Waals surface area contributed by atoms with Crippen LogP contribution in [0.5, 0.6) is 0 Å². The summed E-state index contributed by atoms with van der Waals surface area (Å²) in [6.07, 6.45) is 4.95. The Morgan fingerprint density at radius 3 is 2.54 bits per heavy atom. The van der Waals surface area contributed by atoms with Crippen molar-refractivity contribution in [3.05, 3.63) is 72.6 Å². The third-order valence-corrected chi connectivity index (χ3v) is 3.55. The lowest BCUT2D eigenvalue weighted by molar-refractivity contribution is 0.102. The summed E-state index contributed by atoms with van der Waals surface area (Å²) in [5.74, 6) is -0.235. The number of amides is 1. The quantitative estimate of drug-likeness (QED) is 0.799. The van der Waals surface area contributed by atoms with Crippen molar-refractivity contribution in [1.82, 2.24) is 15.0 Å². The summed E-state index contributed by atoms with van der Waals surface area (Å²) in [5, 5.41) is 2.87. The molecule has 0 unspecified atom stereocenters. The van der Waals surface area contributed by atoms with Gasteiger partial charge in [-0.3, -0.25) is 4.79 Å². The minimum Gasteiger partial charge on any atom is -0.342 e. The van der Waals surface area contributed by atoms with Crippen molar-refractivity contribution in [1.29, 1.82) is 0 Å². The maximum atomic E-state index is 12.3. The third kappa shape index (κ3) is 3.55. The summed E-state index contributed by atoms with van der Waals surface area (Å²) in [7, 11) is 1.92. The molecule has 2 aromatic heterocycles. The highest BCUT2D eigenvalue weighted by atomic mass is 16.1. The van der Waals surface area contributed by atoms with E-state index in [1.165, 1.54) is 6.33 Å². The Morgan fingerprint density at radius 1 is 1.04 bits per heavy atom. The van der Waals surface area contributed by atoms with Gasteiger partial charge in [-0.1, -0.05) is 12.1 Å². The van der Waals surface area contributed by atoms with Crippen LogP contribution in [0, 0.1) is 6.92 Å². The number of carbonyl (C=O) groups is 1. The molecule has 0 spiro atoms. The molecule has 1 N–H and O–H groups in total. The van der Waals surface area contributed by atoms with Gasteiger partial charge in [0.15, 0.2) is 0 Å². The molecule has 0 bridgehead atoms. The van der Waals surface area contributed by atoms with Crippen molar-refractivity contribution in [3.8, 4) is 0 Å². The van der Waals surface area contributed by atoms with Gasteiger partial charge in [0.2, 0.25) is 0 Å². The number of rotatable bonds is 4. The van der Waals surface area contributed by atoms with Gasteiger partial charge in [-0.25, -0.2) is 15.0 Å². The van der Waals surface area contributed by atoms with Gasteiger partial charge in [0, 0.05) is 24.1 Å². The molecule has 0 atom stereocenters. The molecule has 1 aromatic carbocycles. The van der Waals surface area contributed by atoms with Crippen LogP contribution in [0.1, 0.15) is 16.2 Å². The number of hydrogen-bond donors (Lipinski definition) is 1. The van der Waals surface area contributed by atoms with E-state index in [0.717, 1.165) is 17.1 Å². The van der Waals surface area contributed by atoms with Crippen LogP contribution in [0.15, 0.2) is 61.2 Å². The van der Waals surface area contributed by atoms with Crippen molar-refractivity contribution >= 4 is 23.0 Å². The van der Waals surface area contributed by atoms with Crippen LogP contribution in [0.3, 0.4) is 0 Å². The maximum absolute atomic E-state index is 12.3. The lowest BCUT2D eigenvalue weighted by Gasteiger charge is -2.19. The van der Waals surface area contributed by atoms with Crippen molar-refractivity contribution in [3.63, 3.8) is 0 Å². The van der Waals surface area contributed by atoms with Gasteiger partial charge in [0.1, 0.15) is 12.0 Å². The smallest absolute Gasteiger partial charge is 0.274 e. The highest BCUT2D eigenvalue weighted by molar-refractivity contribution is 6.03. The van der Waals surface area contributed by atoms with Crippen LogP contribution < -0.4 is 10.2 Å². The van der Waals surface area contributed by atoms with Crippen LogP contribution in [-0.4, -0.2) is 27.9 Å². The average Bonchev–Trinajstić information content (AvgIpc) is 2.62. The molecule has 2 heterocycles. The van der Waals surface area contributed by atoms with Gasteiger partial charge in [0.25, 0.3) is 5.91 Å². The van der Waals surface area contributed by atoms with Crippen molar-refractivity contribution in [2.24, 2.45) is 0 Å². The number of anilines is 3. The SMILES string of the molecule is Cc1cccc(C(=O)Nc2cccc(N(C)c3cncnc3)c2)n1. The first kappa shape index (κ1) is 15.6. The summed E-state index contributed by atoms with van der Waals surface area (Å²) >= 11 is 0. The molecular weight excluding hydrogens is 302 g/mol. The molecule has 1 amide bonds. The predicted octanol–water partition coefficient (Wildman–Crippen LogP) is 3.20. The molecule has 6 nitrogen and oxygen atoms in total. The highest BCUT2D eigenvalue weighted by Gasteiger charge is 2.10. The van der Waals surface area contributed by atoms with E-state index in [9.17, 15) is 4.79 Å². The van der Waals surface area contributed by atoms with Crippen molar-refractivity contribution in [2.45, 2.75) is 6.92 Å². The maximum Gasteiger partial charge on any atom is 0.274 e. The molecule has 24 heavy (non-hydrogen) atoms. The Bertz CT molecular complexity index is 851. The largest absolute Gasteiger partial charge is 0.342 e. The second-order valence-corrected chi connectivity index (χ2v) is 5.32. The summed E-state index contributed by atoms with van der Waals surface area (Å²) in [5.41, 5.74) is 3.68. The average molecular weight is 319 g/mol. The topological polar surface area (TPSA) is 71.0 Å². The van der Waals surface area contributed by atoms with Crippen LogP contribution in [0.2, 0.25) is 0 Å². The second kappa shape index (κ2) is 6.87. The van der Waals surface area contributed by atoms with Crippen LogP contribution in [0.25, 0.3) is 0 Å². The first-order valence-electron chi connectivity index (χ1n) is 7.47. The fraction of sp³-hybridized carbons (Fsp3) is 0.111. The highest BCUT2D eigenvalue weighted by Crippen LogP contribution is 2.24. The molecule has 0 aliphatic heterocycles. The number of pyridine rings is 1. The molecule has 120 valence electrons. The molecule has 6 heteroatoms. The van der Waals surface area contributed by atoms with E-state index in [2.05, 4.69) is 20.3 Å². The number of aryl methyl sites for hydroxylation is 1. The molecule has 0 fully saturated rings. The predicted molar refractivity (Wildman–Crippen MR) is 93.5 cm³/mol. The van der Waals surface area contributed by atoms with E-state index in [-0.39, 0.29) is 5.91 Å². The minimum atomic E-state index is -0.235. The summed E-state index contributed by atoms with van der Waals surface area (Å²) in [6, 6.07) is 12.9. The Balaban J connectivity index is 1.79. The summed E-state index contributed by atoms with van der Waals surface area (Å²) < 4.78 is 0. The molecule has 0 aliphatic rings. The van der Waals surface area contributed by atoms with Crippen molar-refractivity contribution < 1.29 is 4.79 Å². The number of carbonyl (C=O) groups excluding carboxylic acids is 1. The van der Waals surface area contributed by atoms with Crippen LogP contribution in [0.4, 0.5) is 17.1 Å². The van der Waals surface area contributed by atoms with Gasteiger partial charge < -0.3 is 10.2 Å². The molecular formula is C18H17N5O. The van der Waals surface area contributed by atoms with E-state index in [1.807, 2.05) is 55.3 Å². The Morgan fingerprint density at radius 2 is 1.79 bits per heavy atom. The van der Waals surface area contributed by atoms with Crippen LogP contribution in [-0.2, 0) is 0 Å². The number of nitrogens with one attached hydrogen (secondary N) is 1. The van der Waals surface area contributed by atoms with Gasteiger partial charge in [-0.2, -0.15) is 0 Å². The normalized spacial score (nSPS) is 10.2. The lowest BCUT2D eigenvalue weighted by Crippen LogP contribution is -2.15. The zero-order valence-corrected chi connectivity index (χ0v) is 13.5. The standard InChI is InChI=1S/C18H17N5O/c1-13-5-3-8-17(21-13)18(24)22-14-6-4-7-15(9-14)23(2)16-10-19-12-20-11-16/h3-12H,1-2H3,(H,22,24). The monoisotopic (exact) mass is 319 g/mol. The Labute approximate surface area is 140 Å². The van der Waals surface area contributed by atoms with E-state index >= 15 is 0 Å². The fourth-order valence-electron chi connectivity index (χ4n) is 2.27. The second-order valence-electron chi connectivity index (χ2n) is 5.32. The number of nitrogens with zero attached hydrogens (tertiary/aromatic N) is 4. The summed E-state index contributed by atoms with van der Waals surface area (Å²) in [4.78, 5) is 26.5. The van der Waals surface area contributed by atoms with E-state index in [4.69, 9.17) is 0 Å². The van der Waals surface area contributed by atoms with Crippen molar-refractivity contribution in [2.75, 3.05) is 17.3 Å². The molecule has 0 aliphatic carbocycles. The van der Waals surface area contributed by atoms with E-state index in [0.29, 0.717) is 11.4 Å².